The monoisotopic (exact) mass is 463 g/mol. The van der Waals surface area contributed by atoms with Crippen molar-refractivity contribution in [3.8, 4) is 0 Å². The van der Waals surface area contributed by atoms with Crippen LogP contribution in [0.2, 0.25) is 0 Å². The van der Waals surface area contributed by atoms with E-state index in [-0.39, 0.29) is 29.8 Å². The lowest BCUT2D eigenvalue weighted by atomic mass is 10.2. The van der Waals surface area contributed by atoms with Crippen LogP contribution in [0, 0.1) is 5.82 Å². The van der Waals surface area contributed by atoms with E-state index in [1.165, 1.54) is 12.1 Å². The molecule has 0 aromatic heterocycles. The molecule has 25 heavy (non-hydrogen) atoms. The van der Waals surface area contributed by atoms with Gasteiger partial charge in [0, 0.05) is 45.3 Å². The third-order valence-electron chi connectivity index (χ3n) is 4.38. The quantitative estimate of drug-likeness (QED) is 0.386. The molecule has 5 nitrogen and oxygen atoms in total. The number of likely N-dealkylation sites (N-methyl/N-ethyl adjacent to an activating group) is 1. The Balaban J connectivity index is 0.00000312. The standard InChI is InChI=1S/C18H30FN5.HI/c1-4-20-18(22-14-16-6-5-7-17(19)12-16)21-13-15(2)24-10-8-23(3)9-11-24;/h5-7,12,15H,4,8-11,13-14H2,1-3H3,(H2,20,21,22);1H. The van der Waals surface area contributed by atoms with E-state index < -0.39 is 0 Å². The van der Waals surface area contributed by atoms with Gasteiger partial charge in [-0.3, -0.25) is 4.90 Å². The van der Waals surface area contributed by atoms with Gasteiger partial charge in [-0.25, -0.2) is 9.38 Å². The van der Waals surface area contributed by atoms with Crippen molar-refractivity contribution in [1.82, 2.24) is 20.4 Å². The van der Waals surface area contributed by atoms with Crippen molar-refractivity contribution in [2.24, 2.45) is 4.99 Å². The lowest BCUT2D eigenvalue weighted by Crippen LogP contribution is -2.52. The highest BCUT2D eigenvalue weighted by Crippen LogP contribution is 2.05. The molecular formula is C18H31FIN5. The molecule has 1 atom stereocenters. The lowest BCUT2D eigenvalue weighted by Gasteiger charge is -2.36. The van der Waals surface area contributed by atoms with Gasteiger partial charge in [-0.2, -0.15) is 0 Å². The third-order valence-corrected chi connectivity index (χ3v) is 4.38. The molecule has 0 amide bonds. The average molecular weight is 463 g/mol. The van der Waals surface area contributed by atoms with Crippen molar-refractivity contribution in [3.63, 3.8) is 0 Å². The largest absolute Gasteiger partial charge is 0.357 e. The van der Waals surface area contributed by atoms with Crippen molar-refractivity contribution in [1.29, 1.82) is 0 Å². The van der Waals surface area contributed by atoms with E-state index in [9.17, 15) is 4.39 Å². The molecular weight excluding hydrogens is 432 g/mol. The van der Waals surface area contributed by atoms with Crippen LogP contribution in [0.5, 0.6) is 0 Å². The Bertz CT molecular complexity index is 532. The predicted molar refractivity (Wildman–Crippen MR) is 113 cm³/mol. The topological polar surface area (TPSA) is 42.9 Å². The normalized spacial score (nSPS) is 17.7. The van der Waals surface area contributed by atoms with Gasteiger partial charge in [0.05, 0.1) is 6.54 Å². The van der Waals surface area contributed by atoms with Crippen LogP contribution in [0.1, 0.15) is 19.4 Å². The van der Waals surface area contributed by atoms with Crippen molar-refractivity contribution in [2.75, 3.05) is 46.3 Å². The van der Waals surface area contributed by atoms with Gasteiger partial charge in [-0.15, -0.1) is 24.0 Å². The molecule has 1 unspecified atom stereocenters. The molecule has 2 rings (SSSR count). The van der Waals surface area contributed by atoms with E-state index in [1.807, 2.05) is 13.0 Å². The molecule has 0 saturated carbocycles. The van der Waals surface area contributed by atoms with Gasteiger partial charge in [-0.05, 0) is 38.6 Å². The highest BCUT2D eigenvalue weighted by atomic mass is 127. The summed E-state index contributed by atoms with van der Waals surface area (Å²) >= 11 is 0. The zero-order valence-corrected chi connectivity index (χ0v) is 17.8. The molecule has 1 aromatic rings. The molecule has 2 N–H and O–H groups in total. The molecule has 1 heterocycles. The van der Waals surface area contributed by atoms with Crippen molar-refractivity contribution < 1.29 is 4.39 Å². The number of guanidine groups is 1. The number of halogens is 2. The minimum atomic E-state index is -0.218. The summed E-state index contributed by atoms with van der Waals surface area (Å²) in [5.41, 5.74) is 0.874. The molecule has 0 radical (unpaired) electrons. The molecule has 7 heteroatoms. The maximum absolute atomic E-state index is 13.2. The fourth-order valence-electron chi connectivity index (χ4n) is 2.78. The minimum Gasteiger partial charge on any atom is -0.357 e. The summed E-state index contributed by atoms with van der Waals surface area (Å²) in [6.07, 6.45) is 0. The van der Waals surface area contributed by atoms with E-state index in [4.69, 9.17) is 0 Å². The Kier molecular flexibility index (Phi) is 10.3. The number of aliphatic imine (C=N–C) groups is 1. The SMILES string of the molecule is CCNC(=NCc1cccc(F)c1)NCC(C)N1CCN(C)CC1.I. The molecule has 142 valence electrons. The molecule has 0 spiro atoms. The predicted octanol–water partition coefficient (Wildman–Crippen LogP) is 2.13. The first-order valence-corrected chi connectivity index (χ1v) is 8.77. The van der Waals surface area contributed by atoms with Gasteiger partial charge in [0.2, 0.25) is 0 Å². The van der Waals surface area contributed by atoms with Crippen molar-refractivity contribution in [2.45, 2.75) is 26.4 Å². The smallest absolute Gasteiger partial charge is 0.191 e. The van der Waals surface area contributed by atoms with Gasteiger partial charge in [0.25, 0.3) is 0 Å². The maximum atomic E-state index is 13.2. The number of nitrogens with zero attached hydrogens (tertiary/aromatic N) is 3. The van der Waals surface area contributed by atoms with Crippen LogP contribution in [0.3, 0.4) is 0 Å². The molecule has 1 saturated heterocycles. The van der Waals surface area contributed by atoms with E-state index in [0.29, 0.717) is 12.6 Å². The zero-order valence-electron chi connectivity index (χ0n) is 15.5. The lowest BCUT2D eigenvalue weighted by molar-refractivity contribution is 0.120. The summed E-state index contributed by atoms with van der Waals surface area (Å²) in [6, 6.07) is 7.05. The van der Waals surface area contributed by atoms with Crippen molar-refractivity contribution >= 4 is 29.9 Å². The van der Waals surface area contributed by atoms with Crippen LogP contribution in [0.15, 0.2) is 29.3 Å². The average Bonchev–Trinajstić information content (AvgIpc) is 2.58. The van der Waals surface area contributed by atoms with Gasteiger partial charge < -0.3 is 15.5 Å². The van der Waals surface area contributed by atoms with Crippen LogP contribution in [-0.4, -0.2) is 68.1 Å². The fraction of sp³-hybridized carbons (Fsp3) is 0.611. The summed E-state index contributed by atoms with van der Waals surface area (Å²) in [7, 11) is 2.17. The highest BCUT2D eigenvalue weighted by molar-refractivity contribution is 14.0. The first kappa shape index (κ1) is 22.1. The van der Waals surface area contributed by atoms with E-state index in [2.05, 4.69) is 39.4 Å². The van der Waals surface area contributed by atoms with Crippen LogP contribution < -0.4 is 10.6 Å². The van der Waals surface area contributed by atoms with Crippen LogP contribution in [0.4, 0.5) is 4.39 Å². The van der Waals surface area contributed by atoms with E-state index in [1.54, 1.807) is 6.07 Å². The second kappa shape index (κ2) is 11.6. The second-order valence-corrected chi connectivity index (χ2v) is 6.39. The molecule has 0 bridgehead atoms. The summed E-state index contributed by atoms with van der Waals surface area (Å²) in [5, 5.41) is 6.65. The Morgan fingerprint density at radius 3 is 2.60 bits per heavy atom. The van der Waals surface area contributed by atoms with Gasteiger partial charge in [0.15, 0.2) is 5.96 Å². The van der Waals surface area contributed by atoms with Crippen LogP contribution in [0.25, 0.3) is 0 Å². The molecule has 1 aliphatic rings. The summed E-state index contributed by atoms with van der Waals surface area (Å²) in [6.45, 7) is 10.9. The number of benzene rings is 1. The summed E-state index contributed by atoms with van der Waals surface area (Å²) in [4.78, 5) is 9.42. The fourth-order valence-corrected chi connectivity index (χ4v) is 2.78. The van der Waals surface area contributed by atoms with Gasteiger partial charge >= 0.3 is 0 Å². The van der Waals surface area contributed by atoms with Gasteiger partial charge in [-0.1, -0.05) is 12.1 Å². The molecule has 1 aliphatic heterocycles. The van der Waals surface area contributed by atoms with E-state index >= 15 is 0 Å². The Labute approximate surface area is 168 Å². The molecule has 1 fully saturated rings. The number of nitrogens with one attached hydrogen (secondary N) is 2. The third kappa shape index (κ3) is 7.87. The number of rotatable bonds is 6. The van der Waals surface area contributed by atoms with Crippen LogP contribution in [-0.2, 0) is 6.54 Å². The Morgan fingerprint density at radius 2 is 1.96 bits per heavy atom. The maximum Gasteiger partial charge on any atom is 0.191 e. The van der Waals surface area contributed by atoms with Crippen molar-refractivity contribution in [3.05, 3.63) is 35.6 Å². The highest BCUT2D eigenvalue weighted by Gasteiger charge is 2.18. The molecule has 1 aromatic carbocycles. The zero-order chi connectivity index (χ0) is 17.4. The number of hydrogen-bond acceptors (Lipinski definition) is 3. The second-order valence-electron chi connectivity index (χ2n) is 6.39. The molecule has 0 aliphatic carbocycles. The van der Waals surface area contributed by atoms with Crippen LogP contribution >= 0.6 is 24.0 Å². The van der Waals surface area contributed by atoms with E-state index in [0.717, 1.165) is 50.8 Å². The minimum absolute atomic E-state index is 0. The first-order valence-electron chi connectivity index (χ1n) is 8.77. The van der Waals surface area contributed by atoms with Gasteiger partial charge in [0.1, 0.15) is 5.82 Å². The summed E-state index contributed by atoms with van der Waals surface area (Å²) < 4.78 is 13.2. The Morgan fingerprint density at radius 1 is 1.24 bits per heavy atom. The Hall–Kier alpha value is -0.930. The number of hydrogen-bond donors (Lipinski definition) is 2. The first-order chi connectivity index (χ1) is 11.6. The number of piperazine rings is 1. The summed E-state index contributed by atoms with van der Waals surface area (Å²) in [5.74, 6) is 0.562.